The van der Waals surface area contributed by atoms with Gasteiger partial charge in [0, 0.05) is 18.1 Å². The second kappa shape index (κ2) is 3.46. The third kappa shape index (κ3) is 1.33. The van der Waals surface area contributed by atoms with Gasteiger partial charge in [-0.3, -0.25) is 0 Å². The van der Waals surface area contributed by atoms with Gasteiger partial charge >= 0.3 is 0 Å². The zero-order chi connectivity index (χ0) is 9.97. The summed E-state index contributed by atoms with van der Waals surface area (Å²) in [6.45, 7) is 0.601. The van der Waals surface area contributed by atoms with Crippen LogP contribution in [0.4, 0.5) is 0 Å². The number of fused-ring (bicyclic) bond motifs is 1. The number of phenolic OH excluding ortho intramolecular Hbond substituents is 1. The lowest BCUT2D eigenvalue weighted by Gasteiger charge is -2.00. The van der Waals surface area contributed by atoms with Crippen molar-refractivity contribution in [2.24, 2.45) is 0 Å². The van der Waals surface area contributed by atoms with Gasteiger partial charge in [0.25, 0.3) is 0 Å². The maximum absolute atomic E-state index is 9.53. The molecule has 2 N–H and O–H groups in total. The second-order valence-corrected chi connectivity index (χ2v) is 3.06. The number of rotatable bonds is 2. The number of aromatic nitrogens is 1. The van der Waals surface area contributed by atoms with Crippen LogP contribution in [-0.4, -0.2) is 14.8 Å². The Hall–Kier alpha value is -1.90. The van der Waals surface area contributed by atoms with Crippen LogP contribution < -0.4 is 0 Å². The molecule has 0 atom stereocenters. The van der Waals surface area contributed by atoms with Gasteiger partial charge in [0.1, 0.15) is 5.75 Å². The van der Waals surface area contributed by atoms with Gasteiger partial charge in [-0.05, 0) is 24.3 Å². The minimum absolute atomic E-state index is 0.286. The number of nitrogens with zero attached hydrogens (tertiary/aromatic N) is 1. The molecule has 3 nitrogen and oxygen atoms in total. The molecular formula is C11H11NO2. The van der Waals surface area contributed by atoms with Crippen LogP contribution in [0.5, 0.6) is 5.75 Å². The summed E-state index contributed by atoms with van der Waals surface area (Å²) in [4.78, 5) is 0. The normalized spacial score (nSPS) is 11.4. The Labute approximate surface area is 81.5 Å². The molecule has 1 heterocycles. The summed E-state index contributed by atoms with van der Waals surface area (Å²) in [5.74, 6) is 0.286. The third-order valence-electron chi connectivity index (χ3n) is 2.20. The van der Waals surface area contributed by atoms with Crippen LogP contribution in [0.1, 0.15) is 0 Å². The summed E-state index contributed by atoms with van der Waals surface area (Å²) in [7, 11) is 0. The van der Waals surface area contributed by atoms with Crippen molar-refractivity contribution in [3.8, 4) is 5.75 Å². The molecule has 14 heavy (non-hydrogen) atoms. The molecule has 0 radical (unpaired) electrons. The Kier molecular flexibility index (Phi) is 2.14. The van der Waals surface area contributed by atoms with E-state index in [1.165, 1.54) is 0 Å². The Balaban J connectivity index is 2.52. The first-order valence-corrected chi connectivity index (χ1v) is 4.39. The van der Waals surface area contributed by atoms with Crippen molar-refractivity contribution in [1.29, 1.82) is 0 Å². The lowest BCUT2D eigenvalue weighted by Crippen LogP contribution is -1.91. The number of benzene rings is 1. The Morgan fingerprint density at radius 3 is 2.93 bits per heavy atom. The second-order valence-electron chi connectivity index (χ2n) is 3.06. The van der Waals surface area contributed by atoms with Crippen molar-refractivity contribution >= 4 is 10.9 Å². The van der Waals surface area contributed by atoms with Crippen molar-refractivity contribution in [2.75, 3.05) is 0 Å². The van der Waals surface area contributed by atoms with Crippen LogP contribution in [0.15, 0.2) is 42.8 Å². The predicted molar refractivity (Wildman–Crippen MR) is 55.4 cm³/mol. The zero-order valence-electron chi connectivity index (χ0n) is 7.59. The van der Waals surface area contributed by atoms with E-state index in [1.807, 2.05) is 22.9 Å². The highest BCUT2D eigenvalue weighted by Gasteiger charge is 2.02. The Morgan fingerprint density at radius 1 is 1.29 bits per heavy atom. The van der Waals surface area contributed by atoms with Gasteiger partial charge in [0.2, 0.25) is 0 Å². The molecule has 0 bridgehead atoms. The van der Waals surface area contributed by atoms with E-state index in [-0.39, 0.29) is 5.75 Å². The molecule has 1 aromatic heterocycles. The highest BCUT2D eigenvalue weighted by molar-refractivity contribution is 5.86. The van der Waals surface area contributed by atoms with E-state index in [4.69, 9.17) is 5.11 Å². The summed E-state index contributed by atoms with van der Waals surface area (Å²) >= 11 is 0. The molecule has 2 aromatic rings. The number of aromatic hydroxyl groups is 1. The molecule has 0 amide bonds. The van der Waals surface area contributed by atoms with Gasteiger partial charge in [0.15, 0.2) is 0 Å². The average molecular weight is 189 g/mol. The van der Waals surface area contributed by atoms with E-state index in [0.717, 1.165) is 17.2 Å². The van der Waals surface area contributed by atoms with Crippen molar-refractivity contribution in [2.45, 2.75) is 6.54 Å². The molecule has 0 aliphatic heterocycles. The van der Waals surface area contributed by atoms with Gasteiger partial charge in [-0.15, -0.1) is 0 Å². The quantitative estimate of drug-likeness (QED) is 0.712. The van der Waals surface area contributed by atoms with Gasteiger partial charge in [-0.25, -0.2) is 0 Å². The summed E-state index contributed by atoms with van der Waals surface area (Å²) in [5, 5.41) is 18.9. The Bertz CT molecular complexity index is 471. The standard InChI is InChI=1S/C11H11NO2/c13-8-2-6-12-7-5-9-10(12)3-1-4-11(9)14/h1-5,7-8,13-14H,6H2. The lowest BCUT2D eigenvalue weighted by atomic mass is 10.2. The van der Waals surface area contributed by atoms with Crippen LogP contribution in [0.2, 0.25) is 0 Å². The van der Waals surface area contributed by atoms with Crippen LogP contribution in [-0.2, 0) is 6.54 Å². The summed E-state index contributed by atoms with van der Waals surface area (Å²) < 4.78 is 1.95. The fourth-order valence-corrected chi connectivity index (χ4v) is 1.53. The maximum atomic E-state index is 9.53. The molecule has 0 fully saturated rings. The van der Waals surface area contributed by atoms with Gasteiger partial charge < -0.3 is 14.8 Å². The molecule has 0 aliphatic carbocycles. The number of phenols is 1. The summed E-state index contributed by atoms with van der Waals surface area (Å²) in [5.41, 5.74) is 0.961. The first-order chi connectivity index (χ1) is 6.83. The molecule has 3 heteroatoms. The van der Waals surface area contributed by atoms with E-state index in [9.17, 15) is 5.11 Å². The molecule has 2 rings (SSSR count). The number of aliphatic hydroxyl groups excluding tert-OH is 1. The average Bonchev–Trinajstić information content (AvgIpc) is 2.60. The van der Waals surface area contributed by atoms with Crippen molar-refractivity contribution in [1.82, 2.24) is 4.57 Å². The number of allylic oxidation sites excluding steroid dienone is 1. The number of hydrogen-bond acceptors (Lipinski definition) is 2. The highest BCUT2D eigenvalue weighted by Crippen LogP contribution is 2.24. The monoisotopic (exact) mass is 189 g/mol. The van der Waals surface area contributed by atoms with Crippen LogP contribution >= 0.6 is 0 Å². The largest absolute Gasteiger partial charge is 0.516 e. The SMILES string of the molecule is OC=CCn1ccc2c(O)cccc21. The van der Waals surface area contributed by atoms with Crippen LogP contribution in [0, 0.1) is 0 Å². The third-order valence-corrected chi connectivity index (χ3v) is 2.20. The molecule has 0 saturated heterocycles. The van der Waals surface area contributed by atoms with Crippen LogP contribution in [0.25, 0.3) is 10.9 Å². The zero-order valence-corrected chi connectivity index (χ0v) is 7.59. The van der Waals surface area contributed by atoms with E-state index in [2.05, 4.69) is 0 Å². The van der Waals surface area contributed by atoms with E-state index in [0.29, 0.717) is 6.54 Å². The minimum Gasteiger partial charge on any atom is -0.516 e. The summed E-state index contributed by atoms with van der Waals surface area (Å²) in [6.07, 6.45) is 4.54. The molecule has 0 saturated carbocycles. The van der Waals surface area contributed by atoms with Gasteiger partial charge in [-0.1, -0.05) is 6.07 Å². The maximum Gasteiger partial charge on any atom is 0.124 e. The van der Waals surface area contributed by atoms with E-state index < -0.39 is 0 Å². The molecule has 0 unspecified atom stereocenters. The molecule has 72 valence electrons. The van der Waals surface area contributed by atoms with E-state index >= 15 is 0 Å². The molecule has 0 spiro atoms. The smallest absolute Gasteiger partial charge is 0.124 e. The van der Waals surface area contributed by atoms with Crippen molar-refractivity contribution < 1.29 is 10.2 Å². The fourth-order valence-electron chi connectivity index (χ4n) is 1.53. The predicted octanol–water partition coefficient (Wildman–Crippen LogP) is 2.42. The Morgan fingerprint density at radius 2 is 2.14 bits per heavy atom. The first-order valence-electron chi connectivity index (χ1n) is 4.39. The number of hydrogen-bond donors (Lipinski definition) is 2. The van der Waals surface area contributed by atoms with Crippen molar-refractivity contribution in [3.05, 3.63) is 42.8 Å². The molecule has 1 aromatic carbocycles. The first kappa shape index (κ1) is 8.69. The fraction of sp³-hybridized carbons (Fsp3) is 0.0909. The topological polar surface area (TPSA) is 45.4 Å². The lowest BCUT2D eigenvalue weighted by molar-refractivity contribution is 0.469. The van der Waals surface area contributed by atoms with E-state index in [1.54, 1.807) is 18.2 Å². The van der Waals surface area contributed by atoms with Crippen molar-refractivity contribution in [3.63, 3.8) is 0 Å². The van der Waals surface area contributed by atoms with Crippen LogP contribution in [0.3, 0.4) is 0 Å². The number of aliphatic hydroxyl groups is 1. The summed E-state index contributed by atoms with van der Waals surface area (Å²) in [6, 6.07) is 7.25. The molecule has 0 aliphatic rings. The molecular weight excluding hydrogens is 178 g/mol. The van der Waals surface area contributed by atoms with Gasteiger partial charge in [0.05, 0.1) is 11.8 Å². The van der Waals surface area contributed by atoms with Gasteiger partial charge in [-0.2, -0.15) is 0 Å². The minimum atomic E-state index is 0.286. The highest BCUT2D eigenvalue weighted by atomic mass is 16.3.